The number of hydrogen-bond donors (Lipinski definition) is 1. The van der Waals surface area contributed by atoms with E-state index >= 15 is 0 Å². The highest BCUT2D eigenvalue weighted by atomic mass is 16.6. The van der Waals surface area contributed by atoms with Crippen molar-refractivity contribution in [2.24, 2.45) is 0 Å². The zero-order valence-corrected chi connectivity index (χ0v) is 20.2. The van der Waals surface area contributed by atoms with Gasteiger partial charge in [0.05, 0.1) is 42.2 Å². The summed E-state index contributed by atoms with van der Waals surface area (Å²) in [6.45, 7) is 6.37. The first-order chi connectivity index (χ1) is 16.6. The number of amides is 1. The van der Waals surface area contributed by atoms with Gasteiger partial charge in [-0.15, -0.1) is 0 Å². The van der Waals surface area contributed by atoms with Crippen LogP contribution in [0.5, 0.6) is 5.75 Å². The maximum Gasteiger partial charge on any atom is 0.414 e. The molecule has 0 radical (unpaired) electrons. The third-order valence-electron chi connectivity index (χ3n) is 5.91. The second-order valence-electron chi connectivity index (χ2n) is 9.31. The molecule has 1 aliphatic heterocycles. The number of rotatable bonds is 3. The van der Waals surface area contributed by atoms with Crippen molar-refractivity contribution in [1.82, 2.24) is 14.3 Å². The minimum Gasteiger partial charge on any atom is -0.494 e. The van der Waals surface area contributed by atoms with Crippen LogP contribution < -0.4 is 9.64 Å². The van der Waals surface area contributed by atoms with E-state index < -0.39 is 17.7 Å². The van der Waals surface area contributed by atoms with E-state index in [9.17, 15) is 14.8 Å². The van der Waals surface area contributed by atoms with Crippen molar-refractivity contribution >= 4 is 39.7 Å². The fourth-order valence-electron chi connectivity index (χ4n) is 4.48. The normalized spacial score (nSPS) is 13.3. The van der Waals surface area contributed by atoms with E-state index in [0.29, 0.717) is 29.8 Å². The van der Waals surface area contributed by atoms with Crippen molar-refractivity contribution in [2.45, 2.75) is 32.9 Å². The molecule has 0 saturated heterocycles. The highest BCUT2D eigenvalue weighted by Gasteiger charge is 2.31. The number of hydrogen-bond acceptors (Lipinski definition) is 7. The lowest BCUT2D eigenvalue weighted by Gasteiger charge is -2.31. The molecule has 0 unspecified atom stereocenters. The molecule has 0 fully saturated rings. The summed E-state index contributed by atoms with van der Waals surface area (Å²) in [6.07, 6.45) is -0.409. The van der Waals surface area contributed by atoms with E-state index in [0.717, 1.165) is 21.3 Å². The summed E-state index contributed by atoms with van der Waals surface area (Å²) >= 11 is 0. The van der Waals surface area contributed by atoms with Gasteiger partial charge in [-0.2, -0.15) is 4.73 Å². The minimum atomic E-state index is -0.612. The molecule has 0 atom stereocenters. The van der Waals surface area contributed by atoms with Crippen LogP contribution >= 0.6 is 0 Å². The standard InChI is InChI=1S/C25H26N4O6/c1-25(2,3)35-24(31)28-10-9-27-18(12-14-7-6-8-17(28)20(14)27)22-26-16-11-15(23(30)34-5)13-19(33-4)21(16)29(22)32/h6-8,11-13,32H,9-10H2,1-5H3. The van der Waals surface area contributed by atoms with Gasteiger partial charge in [0.1, 0.15) is 16.9 Å². The number of nitrogens with zero attached hydrogens (tertiary/aromatic N) is 4. The summed E-state index contributed by atoms with van der Waals surface area (Å²) in [6, 6.07) is 10.7. The van der Waals surface area contributed by atoms with E-state index in [1.807, 2.05) is 49.6 Å². The molecule has 3 heterocycles. The molecule has 182 valence electrons. The number of fused-ring (bicyclic) bond motifs is 1. The SMILES string of the molecule is COC(=O)c1cc(OC)c2c(c1)nc(-c1cc3cccc4c3n1CCN4C(=O)OC(C)(C)C)n2O. The van der Waals surface area contributed by atoms with Crippen molar-refractivity contribution < 1.29 is 29.0 Å². The molecule has 1 aliphatic rings. The lowest BCUT2D eigenvalue weighted by Crippen LogP contribution is -2.40. The van der Waals surface area contributed by atoms with E-state index in [1.165, 1.54) is 20.3 Å². The molecule has 4 aromatic rings. The number of carbonyl (C=O) groups is 2. The first-order valence-corrected chi connectivity index (χ1v) is 11.1. The van der Waals surface area contributed by atoms with E-state index in [1.54, 1.807) is 11.0 Å². The van der Waals surface area contributed by atoms with Crippen LogP contribution in [0.15, 0.2) is 36.4 Å². The number of aromatic nitrogens is 3. The molecule has 0 aliphatic carbocycles. The number of methoxy groups -OCH3 is 2. The van der Waals surface area contributed by atoms with Crippen LogP contribution in [0.2, 0.25) is 0 Å². The molecule has 0 saturated carbocycles. The minimum absolute atomic E-state index is 0.262. The van der Waals surface area contributed by atoms with Crippen molar-refractivity contribution in [1.29, 1.82) is 0 Å². The fraction of sp³-hybridized carbons (Fsp3) is 0.320. The molecule has 0 spiro atoms. The van der Waals surface area contributed by atoms with Gasteiger partial charge in [-0.05, 0) is 45.0 Å². The van der Waals surface area contributed by atoms with Crippen LogP contribution in [-0.2, 0) is 16.0 Å². The van der Waals surface area contributed by atoms with Crippen LogP contribution in [0.4, 0.5) is 10.5 Å². The van der Waals surface area contributed by atoms with Gasteiger partial charge in [-0.25, -0.2) is 14.6 Å². The average Bonchev–Trinajstić information content (AvgIpc) is 3.35. The Morgan fingerprint density at radius 1 is 1.06 bits per heavy atom. The number of carbonyl (C=O) groups excluding carboxylic acids is 2. The van der Waals surface area contributed by atoms with Crippen molar-refractivity contribution in [3.63, 3.8) is 0 Å². The summed E-state index contributed by atoms with van der Waals surface area (Å²) < 4.78 is 18.8. The Bertz CT molecular complexity index is 1490. The van der Waals surface area contributed by atoms with Gasteiger partial charge in [0.15, 0.2) is 5.82 Å². The second-order valence-corrected chi connectivity index (χ2v) is 9.31. The summed E-state index contributed by atoms with van der Waals surface area (Å²) in [5.74, 6) is 0.0403. The predicted molar refractivity (Wildman–Crippen MR) is 129 cm³/mol. The van der Waals surface area contributed by atoms with Gasteiger partial charge in [0, 0.05) is 18.5 Å². The number of ether oxygens (including phenoxy) is 3. The topological polar surface area (TPSA) is 108 Å². The Labute approximate surface area is 201 Å². The largest absolute Gasteiger partial charge is 0.494 e. The number of esters is 1. The third kappa shape index (κ3) is 3.61. The first-order valence-electron chi connectivity index (χ1n) is 11.1. The highest BCUT2D eigenvalue weighted by molar-refractivity contribution is 6.03. The molecule has 35 heavy (non-hydrogen) atoms. The zero-order valence-electron chi connectivity index (χ0n) is 20.2. The Morgan fingerprint density at radius 2 is 1.83 bits per heavy atom. The van der Waals surface area contributed by atoms with Gasteiger partial charge < -0.3 is 24.0 Å². The molecule has 10 heteroatoms. The molecule has 10 nitrogen and oxygen atoms in total. The summed E-state index contributed by atoms with van der Waals surface area (Å²) in [7, 11) is 2.75. The quantitative estimate of drug-likeness (QED) is 0.342. The van der Waals surface area contributed by atoms with Crippen LogP contribution in [0.25, 0.3) is 33.5 Å². The lowest BCUT2D eigenvalue weighted by atomic mass is 10.2. The average molecular weight is 479 g/mol. The van der Waals surface area contributed by atoms with E-state index in [-0.39, 0.29) is 17.1 Å². The van der Waals surface area contributed by atoms with Crippen molar-refractivity contribution in [3.8, 4) is 17.3 Å². The Morgan fingerprint density at radius 3 is 2.51 bits per heavy atom. The van der Waals surface area contributed by atoms with Crippen LogP contribution in [-0.4, -0.2) is 57.9 Å². The summed E-state index contributed by atoms with van der Waals surface area (Å²) in [5.41, 5.74) is 2.59. The van der Waals surface area contributed by atoms with Crippen LogP contribution in [0.1, 0.15) is 31.1 Å². The first kappa shape index (κ1) is 22.6. The molecular weight excluding hydrogens is 452 g/mol. The number of anilines is 1. The van der Waals surface area contributed by atoms with Gasteiger partial charge in [0.25, 0.3) is 0 Å². The van der Waals surface area contributed by atoms with Gasteiger partial charge in [-0.3, -0.25) is 4.90 Å². The maximum atomic E-state index is 12.9. The van der Waals surface area contributed by atoms with Crippen LogP contribution in [0.3, 0.4) is 0 Å². The Kier molecular flexibility index (Phi) is 5.12. The number of benzene rings is 2. The zero-order chi connectivity index (χ0) is 25.1. The Hall–Kier alpha value is -4.21. The van der Waals surface area contributed by atoms with Crippen LogP contribution in [0, 0.1) is 0 Å². The highest BCUT2D eigenvalue weighted by Crippen LogP contribution is 2.39. The second kappa shape index (κ2) is 7.93. The molecule has 1 N–H and O–H groups in total. The number of para-hydroxylation sites is 1. The Balaban J connectivity index is 1.67. The van der Waals surface area contributed by atoms with Gasteiger partial charge in [0.2, 0.25) is 0 Å². The van der Waals surface area contributed by atoms with E-state index in [4.69, 9.17) is 14.2 Å². The summed E-state index contributed by atoms with van der Waals surface area (Å²) in [4.78, 5) is 31.2. The molecule has 0 bridgehead atoms. The smallest absolute Gasteiger partial charge is 0.414 e. The third-order valence-corrected chi connectivity index (χ3v) is 5.91. The predicted octanol–water partition coefficient (Wildman–Crippen LogP) is 4.45. The molecule has 2 aromatic carbocycles. The van der Waals surface area contributed by atoms with Crippen molar-refractivity contribution in [2.75, 3.05) is 25.7 Å². The molecular formula is C25H26N4O6. The lowest BCUT2D eigenvalue weighted by molar-refractivity contribution is 0.0574. The monoisotopic (exact) mass is 478 g/mol. The molecule has 2 aromatic heterocycles. The fourth-order valence-corrected chi connectivity index (χ4v) is 4.48. The molecule has 1 amide bonds. The number of imidazole rings is 1. The van der Waals surface area contributed by atoms with Crippen molar-refractivity contribution in [3.05, 3.63) is 42.0 Å². The maximum absolute atomic E-state index is 12.9. The molecule has 5 rings (SSSR count). The van der Waals surface area contributed by atoms with Gasteiger partial charge >= 0.3 is 12.1 Å². The van der Waals surface area contributed by atoms with E-state index in [2.05, 4.69) is 4.98 Å². The van der Waals surface area contributed by atoms with Gasteiger partial charge in [-0.1, -0.05) is 12.1 Å². The summed E-state index contributed by atoms with van der Waals surface area (Å²) in [5, 5.41) is 12.0.